The van der Waals surface area contributed by atoms with Crippen LogP contribution in [0.2, 0.25) is 5.02 Å². The van der Waals surface area contributed by atoms with Crippen molar-refractivity contribution in [3.8, 4) is 11.1 Å². The van der Waals surface area contributed by atoms with Crippen LogP contribution < -0.4 is 0 Å². The molecule has 0 radical (unpaired) electrons. The highest BCUT2D eigenvalue weighted by atomic mass is 35.5. The molecule has 0 aliphatic heterocycles. The summed E-state index contributed by atoms with van der Waals surface area (Å²) in [6, 6.07) is 19.3. The van der Waals surface area contributed by atoms with E-state index in [1.54, 1.807) is 24.4 Å². The van der Waals surface area contributed by atoms with Crippen molar-refractivity contribution >= 4 is 34.3 Å². The Hall–Kier alpha value is -3.44. The maximum absolute atomic E-state index is 13.6. The number of carbonyl (C=O) groups excluding carboxylic acids is 1. The summed E-state index contributed by atoms with van der Waals surface area (Å²) >= 11 is 5.97. The number of para-hydroxylation sites is 1. The second kappa shape index (κ2) is 7.53. The molecule has 1 N–H and O–H groups in total. The summed E-state index contributed by atoms with van der Waals surface area (Å²) < 4.78 is 15.5. The summed E-state index contributed by atoms with van der Waals surface area (Å²) in [5.41, 5.74) is 3.18. The fourth-order valence-electron chi connectivity index (χ4n) is 3.46. The van der Waals surface area contributed by atoms with E-state index in [2.05, 4.69) is 0 Å². The second-order valence-electron chi connectivity index (χ2n) is 6.62. The average Bonchev–Trinajstić information content (AvgIpc) is 3.08. The summed E-state index contributed by atoms with van der Waals surface area (Å²) in [7, 11) is 0. The van der Waals surface area contributed by atoms with Gasteiger partial charge in [-0.2, -0.15) is 0 Å². The minimum Gasteiger partial charge on any atom is -0.475 e. The molecule has 0 aliphatic carbocycles. The normalized spacial score (nSPS) is 11.0. The first-order valence-electron chi connectivity index (χ1n) is 8.84. The maximum atomic E-state index is 13.6. The molecule has 29 heavy (non-hydrogen) atoms. The Labute approximate surface area is 170 Å². The molecule has 0 fully saturated rings. The summed E-state index contributed by atoms with van der Waals surface area (Å²) in [4.78, 5) is 23.6. The Morgan fingerprint density at radius 1 is 1.00 bits per heavy atom. The largest absolute Gasteiger partial charge is 0.475 e. The van der Waals surface area contributed by atoms with Crippen molar-refractivity contribution in [3.63, 3.8) is 0 Å². The highest BCUT2D eigenvalue weighted by Gasteiger charge is 2.22. The van der Waals surface area contributed by atoms with Crippen LogP contribution in [0.1, 0.15) is 15.9 Å². The lowest BCUT2D eigenvalue weighted by Gasteiger charge is -2.11. The van der Waals surface area contributed by atoms with Gasteiger partial charge in [0.25, 0.3) is 5.78 Å². The van der Waals surface area contributed by atoms with E-state index in [0.29, 0.717) is 23.0 Å². The molecular formula is C23H15ClFNO3. The van der Waals surface area contributed by atoms with E-state index in [4.69, 9.17) is 11.6 Å². The molecule has 4 nitrogen and oxygen atoms in total. The second-order valence-corrected chi connectivity index (χ2v) is 7.03. The highest BCUT2D eigenvalue weighted by Crippen LogP contribution is 2.34. The number of hydrogen-bond acceptors (Lipinski definition) is 2. The fraction of sp³-hybridized carbons (Fsp3) is 0.0435. The van der Waals surface area contributed by atoms with Crippen LogP contribution in [-0.2, 0) is 11.3 Å². The third kappa shape index (κ3) is 3.52. The van der Waals surface area contributed by atoms with Crippen molar-refractivity contribution in [2.45, 2.75) is 6.54 Å². The predicted molar refractivity (Wildman–Crippen MR) is 110 cm³/mol. The molecule has 0 aliphatic rings. The van der Waals surface area contributed by atoms with Crippen molar-refractivity contribution in [1.82, 2.24) is 4.57 Å². The van der Waals surface area contributed by atoms with Crippen LogP contribution in [0.25, 0.3) is 22.0 Å². The van der Waals surface area contributed by atoms with Crippen LogP contribution in [0.15, 0.2) is 72.9 Å². The van der Waals surface area contributed by atoms with Crippen LogP contribution in [0.4, 0.5) is 4.39 Å². The number of carboxylic acids is 1. The van der Waals surface area contributed by atoms with Gasteiger partial charge in [-0.1, -0.05) is 66.2 Å². The van der Waals surface area contributed by atoms with E-state index in [0.717, 1.165) is 11.1 Å². The number of halogens is 2. The minimum absolute atomic E-state index is 0.0116. The lowest BCUT2D eigenvalue weighted by molar-refractivity contribution is -0.131. The maximum Gasteiger partial charge on any atom is 0.377 e. The summed E-state index contributed by atoms with van der Waals surface area (Å²) in [5.74, 6) is -3.01. The van der Waals surface area contributed by atoms with E-state index in [9.17, 15) is 19.1 Å². The number of benzene rings is 3. The molecule has 0 atom stereocenters. The number of carbonyl (C=O) groups is 2. The smallest absolute Gasteiger partial charge is 0.377 e. The molecule has 0 saturated carbocycles. The van der Waals surface area contributed by atoms with E-state index in [1.165, 1.54) is 12.1 Å². The van der Waals surface area contributed by atoms with Gasteiger partial charge in [0.2, 0.25) is 0 Å². The van der Waals surface area contributed by atoms with Gasteiger partial charge in [0.05, 0.1) is 16.1 Å². The van der Waals surface area contributed by atoms with Crippen LogP contribution in [0.5, 0.6) is 0 Å². The number of aromatic nitrogens is 1. The lowest BCUT2D eigenvalue weighted by atomic mass is 10.0. The number of rotatable bonds is 5. The van der Waals surface area contributed by atoms with Gasteiger partial charge in [-0.05, 0) is 23.3 Å². The first-order chi connectivity index (χ1) is 14.0. The quantitative estimate of drug-likeness (QED) is 0.355. The van der Waals surface area contributed by atoms with Crippen molar-refractivity contribution in [2.24, 2.45) is 0 Å². The zero-order valence-corrected chi connectivity index (χ0v) is 15.9. The molecule has 1 aromatic heterocycles. The molecular weight excluding hydrogens is 393 g/mol. The molecule has 0 amide bonds. The fourth-order valence-corrected chi connectivity index (χ4v) is 3.64. The Morgan fingerprint density at radius 3 is 2.45 bits per heavy atom. The minimum atomic E-state index is -1.51. The van der Waals surface area contributed by atoms with Crippen LogP contribution in [0, 0.1) is 5.82 Å². The summed E-state index contributed by atoms with van der Waals surface area (Å²) in [5, 5.41) is 9.74. The molecule has 1 heterocycles. The van der Waals surface area contributed by atoms with Gasteiger partial charge in [-0.15, -0.1) is 0 Å². The first kappa shape index (κ1) is 18.9. The van der Waals surface area contributed by atoms with Crippen LogP contribution >= 0.6 is 11.6 Å². The molecule has 4 aromatic rings. The Bertz CT molecular complexity index is 1250. The Balaban J connectivity index is 1.98. The number of hydrogen-bond donors (Lipinski definition) is 1. The molecule has 3 aromatic carbocycles. The predicted octanol–water partition coefficient (Wildman–Crippen LogP) is 5.42. The van der Waals surface area contributed by atoms with Gasteiger partial charge in [-0.25, -0.2) is 9.18 Å². The van der Waals surface area contributed by atoms with E-state index >= 15 is 0 Å². The van der Waals surface area contributed by atoms with Crippen molar-refractivity contribution < 1.29 is 19.1 Å². The number of Topliss-reactive ketones (excluding diaryl/α,β-unsaturated/α-hetero) is 1. The number of ketones is 1. The Kier molecular flexibility index (Phi) is 4.91. The van der Waals surface area contributed by atoms with Gasteiger partial charge in [0, 0.05) is 23.7 Å². The van der Waals surface area contributed by atoms with Crippen molar-refractivity contribution in [1.29, 1.82) is 0 Å². The molecule has 0 saturated heterocycles. The summed E-state index contributed by atoms with van der Waals surface area (Å²) in [6.45, 7) is 0.441. The first-order valence-corrected chi connectivity index (χ1v) is 9.22. The Morgan fingerprint density at radius 2 is 1.76 bits per heavy atom. The van der Waals surface area contributed by atoms with Gasteiger partial charge in [-0.3, -0.25) is 4.79 Å². The van der Waals surface area contributed by atoms with Crippen molar-refractivity contribution in [2.75, 3.05) is 0 Å². The number of carboxylic acid groups (broad SMARTS) is 1. The third-order valence-electron chi connectivity index (χ3n) is 4.76. The highest BCUT2D eigenvalue weighted by molar-refractivity contribution is 6.42. The topological polar surface area (TPSA) is 59.3 Å². The van der Waals surface area contributed by atoms with E-state index < -0.39 is 17.6 Å². The van der Waals surface area contributed by atoms with E-state index in [1.807, 2.05) is 41.0 Å². The molecule has 0 unspecified atom stereocenters. The SMILES string of the molecule is O=C(O)C(=O)c1cn(Cc2ccccc2)c2c(-c3ccc(F)c(Cl)c3)cccc12. The zero-order chi connectivity index (χ0) is 20.5. The molecule has 4 rings (SSSR count). The van der Waals surface area contributed by atoms with Crippen LogP contribution in [0.3, 0.4) is 0 Å². The number of fused-ring (bicyclic) bond motifs is 1. The third-order valence-corrected chi connectivity index (χ3v) is 5.05. The summed E-state index contributed by atoms with van der Waals surface area (Å²) in [6.07, 6.45) is 1.56. The van der Waals surface area contributed by atoms with E-state index in [-0.39, 0.29) is 10.6 Å². The molecule has 0 spiro atoms. The monoisotopic (exact) mass is 407 g/mol. The molecule has 0 bridgehead atoms. The average molecular weight is 408 g/mol. The van der Waals surface area contributed by atoms with Gasteiger partial charge >= 0.3 is 5.97 Å². The molecule has 144 valence electrons. The number of nitrogens with zero attached hydrogens (tertiary/aromatic N) is 1. The van der Waals surface area contributed by atoms with Crippen molar-refractivity contribution in [3.05, 3.63) is 94.9 Å². The molecule has 6 heteroatoms. The standard InChI is InChI=1S/C23H15ClFNO3/c24-19-11-15(9-10-20(19)25)16-7-4-8-17-18(22(27)23(28)29)13-26(21(16)17)12-14-5-2-1-3-6-14/h1-11,13H,12H2,(H,28,29). The van der Waals surface area contributed by atoms with Gasteiger partial charge in [0.1, 0.15) is 5.82 Å². The van der Waals surface area contributed by atoms with Gasteiger partial charge in [0.15, 0.2) is 0 Å². The van der Waals surface area contributed by atoms with Gasteiger partial charge < -0.3 is 9.67 Å². The lowest BCUT2D eigenvalue weighted by Crippen LogP contribution is -2.12. The number of aliphatic carboxylic acids is 1. The zero-order valence-electron chi connectivity index (χ0n) is 15.1. The van der Waals surface area contributed by atoms with Crippen LogP contribution in [-0.4, -0.2) is 21.4 Å².